The van der Waals surface area contributed by atoms with Gasteiger partial charge in [-0.25, -0.2) is 9.18 Å². The maximum Gasteiger partial charge on any atom is 0.336 e. The van der Waals surface area contributed by atoms with Gasteiger partial charge in [-0.05, 0) is 42.7 Å². The lowest BCUT2D eigenvalue weighted by molar-refractivity contribution is 0.0673. The molecule has 1 aliphatic rings. The number of fused-ring (bicyclic) bond motifs is 1. The van der Waals surface area contributed by atoms with Crippen molar-refractivity contribution in [3.05, 3.63) is 59.3 Å². The third kappa shape index (κ3) is 3.06. The highest BCUT2D eigenvalue weighted by Gasteiger charge is 2.22. The van der Waals surface area contributed by atoms with Crippen LogP contribution in [-0.4, -0.2) is 39.1 Å². The summed E-state index contributed by atoms with van der Waals surface area (Å²) in [6.45, 7) is 1.35. The molecule has 6 nitrogen and oxygen atoms in total. The lowest BCUT2D eigenvalue weighted by Gasteiger charge is -2.23. The molecule has 1 saturated heterocycles. The van der Waals surface area contributed by atoms with Crippen LogP contribution in [0, 0.1) is 5.82 Å². The van der Waals surface area contributed by atoms with E-state index >= 15 is 0 Å². The smallest absolute Gasteiger partial charge is 0.336 e. The van der Waals surface area contributed by atoms with Crippen molar-refractivity contribution in [1.29, 1.82) is 0 Å². The van der Waals surface area contributed by atoms with Gasteiger partial charge in [0.05, 0.1) is 22.8 Å². The third-order valence-corrected chi connectivity index (χ3v) is 4.77. The summed E-state index contributed by atoms with van der Waals surface area (Å²) in [4.78, 5) is 15.5. The molecule has 1 aliphatic heterocycles. The van der Waals surface area contributed by atoms with Gasteiger partial charge in [-0.1, -0.05) is 0 Å². The highest BCUT2D eigenvalue weighted by molar-refractivity contribution is 5.89. The molecular weight excluding hydrogens is 337 g/mol. The van der Waals surface area contributed by atoms with E-state index in [1.165, 1.54) is 30.6 Å². The zero-order valence-corrected chi connectivity index (χ0v) is 14.1. The van der Waals surface area contributed by atoms with E-state index in [4.69, 9.17) is 9.84 Å². The Hall–Kier alpha value is -2.80. The average molecular weight is 355 g/mol. The van der Waals surface area contributed by atoms with Crippen molar-refractivity contribution in [3.63, 3.8) is 0 Å². The maximum absolute atomic E-state index is 13.9. The topological polar surface area (TPSA) is 77.2 Å². The lowest BCUT2D eigenvalue weighted by atomic mass is 10.0. The molecule has 0 radical (unpaired) electrons. The van der Waals surface area contributed by atoms with E-state index in [0.29, 0.717) is 29.9 Å². The Morgan fingerprint density at radius 3 is 2.88 bits per heavy atom. The summed E-state index contributed by atoms with van der Waals surface area (Å²) in [6.07, 6.45) is 4.96. The quantitative estimate of drug-likeness (QED) is 0.778. The number of aromatic carboxylic acids is 1. The molecular formula is C19H18FN3O3. The second kappa shape index (κ2) is 6.84. The van der Waals surface area contributed by atoms with Crippen LogP contribution in [0.2, 0.25) is 0 Å². The van der Waals surface area contributed by atoms with Crippen LogP contribution in [0.1, 0.15) is 40.5 Å². The first-order valence-corrected chi connectivity index (χ1v) is 8.54. The van der Waals surface area contributed by atoms with Crippen molar-refractivity contribution < 1.29 is 19.0 Å². The van der Waals surface area contributed by atoms with Gasteiger partial charge in [0.25, 0.3) is 0 Å². The van der Waals surface area contributed by atoms with E-state index in [-0.39, 0.29) is 23.8 Å². The molecule has 7 heteroatoms. The van der Waals surface area contributed by atoms with Crippen LogP contribution in [0.5, 0.6) is 0 Å². The Labute approximate surface area is 149 Å². The summed E-state index contributed by atoms with van der Waals surface area (Å²) >= 11 is 0. The standard InChI is InChI=1S/C19H18FN3O3/c20-13-1-2-18-16(10-13)17(22-23(18)14-4-7-26-8-5-14)9-12-11-21-6-3-15(12)19(24)25/h1-3,6,10-11,14H,4-5,7-9H2,(H,24,25). The van der Waals surface area contributed by atoms with Gasteiger partial charge in [-0.3, -0.25) is 9.67 Å². The van der Waals surface area contributed by atoms with Gasteiger partial charge in [-0.15, -0.1) is 0 Å². The number of carboxylic acid groups (broad SMARTS) is 1. The van der Waals surface area contributed by atoms with E-state index in [9.17, 15) is 14.3 Å². The van der Waals surface area contributed by atoms with Gasteiger partial charge < -0.3 is 9.84 Å². The number of carboxylic acids is 1. The second-order valence-corrected chi connectivity index (χ2v) is 6.41. The third-order valence-electron chi connectivity index (χ3n) is 4.77. The molecule has 0 unspecified atom stereocenters. The zero-order valence-electron chi connectivity index (χ0n) is 14.1. The molecule has 3 heterocycles. The number of nitrogens with zero attached hydrogens (tertiary/aromatic N) is 3. The monoisotopic (exact) mass is 355 g/mol. The van der Waals surface area contributed by atoms with E-state index in [1.54, 1.807) is 6.07 Å². The lowest BCUT2D eigenvalue weighted by Crippen LogP contribution is -2.20. The SMILES string of the molecule is O=C(O)c1ccncc1Cc1nn(C2CCOCC2)c2ccc(F)cc12. The first-order valence-electron chi connectivity index (χ1n) is 8.54. The molecule has 3 aromatic rings. The molecule has 2 aromatic heterocycles. The first-order chi connectivity index (χ1) is 12.6. The van der Waals surface area contributed by atoms with Gasteiger partial charge in [0, 0.05) is 37.4 Å². The average Bonchev–Trinajstić information content (AvgIpc) is 3.00. The van der Waals surface area contributed by atoms with Crippen molar-refractivity contribution in [2.45, 2.75) is 25.3 Å². The number of pyridine rings is 1. The number of aromatic nitrogens is 3. The van der Waals surface area contributed by atoms with Gasteiger partial charge in [0.2, 0.25) is 0 Å². The number of hydrogen-bond donors (Lipinski definition) is 1. The molecule has 0 aliphatic carbocycles. The molecule has 0 spiro atoms. The molecule has 0 bridgehead atoms. The van der Waals surface area contributed by atoms with Crippen molar-refractivity contribution in [2.75, 3.05) is 13.2 Å². The Morgan fingerprint density at radius 1 is 1.31 bits per heavy atom. The van der Waals surface area contributed by atoms with Crippen LogP contribution in [0.25, 0.3) is 10.9 Å². The summed E-state index contributed by atoms with van der Waals surface area (Å²) in [5.74, 6) is -1.35. The molecule has 26 heavy (non-hydrogen) atoms. The fourth-order valence-electron chi connectivity index (χ4n) is 3.47. The Bertz CT molecular complexity index is 964. The summed E-state index contributed by atoms with van der Waals surface area (Å²) in [5.41, 5.74) is 2.25. The van der Waals surface area contributed by atoms with E-state index < -0.39 is 5.97 Å². The Balaban J connectivity index is 1.80. The fourth-order valence-corrected chi connectivity index (χ4v) is 3.47. The van der Waals surface area contributed by atoms with Crippen LogP contribution < -0.4 is 0 Å². The van der Waals surface area contributed by atoms with Crippen LogP contribution in [0.3, 0.4) is 0 Å². The second-order valence-electron chi connectivity index (χ2n) is 6.41. The number of ether oxygens (including phenoxy) is 1. The summed E-state index contributed by atoms with van der Waals surface area (Å²) in [6, 6.07) is 6.28. The van der Waals surface area contributed by atoms with Gasteiger partial charge in [-0.2, -0.15) is 5.10 Å². The predicted molar refractivity (Wildman–Crippen MR) is 92.8 cm³/mol. The Kier molecular flexibility index (Phi) is 4.38. The highest BCUT2D eigenvalue weighted by atomic mass is 19.1. The van der Waals surface area contributed by atoms with Crippen LogP contribution in [-0.2, 0) is 11.2 Å². The van der Waals surface area contributed by atoms with Crippen LogP contribution in [0.4, 0.5) is 4.39 Å². The molecule has 4 rings (SSSR count). The molecule has 0 saturated carbocycles. The molecule has 1 N–H and O–H groups in total. The summed E-state index contributed by atoms with van der Waals surface area (Å²) in [5, 5.41) is 14.8. The minimum atomic E-state index is -1.01. The van der Waals surface area contributed by atoms with Gasteiger partial charge in [0.1, 0.15) is 5.82 Å². The normalized spacial score (nSPS) is 15.4. The molecule has 0 amide bonds. The number of hydrogen-bond acceptors (Lipinski definition) is 4. The molecule has 1 fully saturated rings. The Morgan fingerprint density at radius 2 is 2.12 bits per heavy atom. The molecule has 1 aromatic carbocycles. The first kappa shape index (κ1) is 16.7. The molecule has 0 atom stereocenters. The van der Waals surface area contributed by atoms with Crippen molar-refractivity contribution in [2.24, 2.45) is 0 Å². The number of halogens is 1. The number of carbonyl (C=O) groups is 1. The summed E-state index contributed by atoms with van der Waals surface area (Å²) in [7, 11) is 0. The fraction of sp³-hybridized carbons (Fsp3) is 0.316. The predicted octanol–water partition coefficient (Wildman–Crippen LogP) is 3.21. The highest BCUT2D eigenvalue weighted by Crippen LogP contribution is 2.29. The summed E-state index contributed by atoms with van der Waals surface area (Å²) < 4.78 is 21.2. The van der Waals surface area contributed by atoms with Crippen molar-refractivity contribution in [1.82, 2.24) is 14.8 Å². The van der Waals surface area contributed by atoms with Crippen molar-refractivity contribution in [3.8, 4) is 0 Å². The number of rotatable bonds is 4. The van der Waals surface area contributed by atoms with Crippen molar-refractivity contribution >= 4 is 16.9 Å². The minimum absolute atomic E-state index is 0.185. The van der Waals surface area contributed by atoms with Gasteiger partial charge in [0.15, 0.2) is 0 Å². The number of benzene rings is 1. The van der Waals surface area contributed by atoms with E-state index in [2.05, 4.69) is 4.98 Å². The van der Waals surface area contributed by atoms with Crippen LogP contribution >= 0.6 is 0 Å². The maximum atomic E-state index is 13.9. The minimum Gasteiger partial charge on any atom is -0.478 e. The molecule has 134 valence electrons. The largest absolute Gasteiger partial charge is 0.478 e. The van der Waals surface area contributed by atoms with Gasteiger partial charge >= 0.3 is 5.97 Å². The van der Waals surface area contributed by atoms with E-state index in [1.807, 2.05) is 4.68 Å². The van der Waals surface area contributed by atoms with Crippen LogP contribution in [0.15, 0.2) is 36.7 Å². The zero-order chi connectivity index (χ0) is 18.1. The van der Waals surface area contributed by atoms with E-state index in [0.717, 1.165) is 18.4 Å².